The molecule has 66 valence electrons. The maximum atomic E-state index is 12.9. The minimum Gasteiger partial charge on any atom is -0.392 e. The molecule has 0 radical (unpaired) electrons. The van der Waals surface area contributed by atoms with Crippen molar-refractivity contribution in [3.63, 3.8) is 0 Å². The Balaban J connectivity index is 3.39. The SMILES string of the molecule is Cc1cc(CO)c(F)c(F)c1Br. The van der Waals surface area contributed by atoms with E-state index in [1.807, 2.05) is 0 Å². The van der Waals surface area contributed by atoms with Crippen LogP contribution < -0.4 is 0 Å². The van der Waals surface area contributed by atoms with Crippen LogP contribution in [0.5, 0.6) is 0 Å². The first kappa shape index (κ1) is 9.61. The highest BCUT2D eigenvalue weighted by Crippen LogP contribution is 2.25. The highest BCUT2D eigenvalue weighted by Gasteiger charge is 2.13. The van der Waals surface area contributed by atoms with E-state index in [9.17, 15) is 8.78 Å². The van der Waals surface area contributed by atoms with Crippen molar-refractivity contribution in [3.05, 3.63) is 33.3 Å². The second-order valence-corrected chi connectivity index (χ2v) is 3.25. The topological polar surface area (TPSA) is 20.2 Å². The first-order valence-corrected chi connectivity index (χ1v) is 4.11. The summed E-state index contributed by atoms with van der Waals surface area (Å²) in [5, 5.41) is 8.64. The Labute approximate surface area is 77.2 Å². The number of hydrogen-bond acceptors (Lipinski definition) is 1. The minimum atomic E-state index is -0.991. The molecule has 0 atom stereocenters. The van der Waals surface area contributed by atoms with Gasteiger partial charge in [-0.25, -0.2) is 8.78 Å². The summed E-state index contributed by atoms with van der Waals surface area (Å²) in [5.74, 6) is -1.94. The molecule has 1 N–H and O–H groups in total. The molecule has 0 spiro atoms. The summed E-state index contributed by atoms with van der Waals surface area (Å²) >= 11 is 2.90. The summed E-state index contributed by atoms with van der Waals surface area (Å²) < 4.78 is 25.9. The Morgan fingerprint density at radius 3 is 2.50 bits per heavy atom. The van der Waals surface area contributed by atoms with Crippen molar-refractivity contribution in [2.75, 3.05) is 0 Å². The van der Waals surface area contributed by atoms with Gasteiger partial charge in [-0.05, 0) is 34.5 Å². The average Bonchev–Trinajstić information content (AvgIpc) is 2.08. The zero-order chi connectivity index (χ0) is 9.30. The fraction of sp³-hybridized carbons (Fsp3) is 0.250. The first-order chi connectivity index (χ1) is 5.57. The van der Waals surface area contributed by atoms with E-state index in [1.165, 1.54) is 6.07 Å². The predicted molar refractivity (Wildman–Crippen MR) is 44.7 cm³/mol. The van der Waals surface area contributed by atoms with Gasteiger partial charge in [-0.2, -0.15) is 0 Å². The Kier molecular flexibility index (Phi) is 2.80. The van der Waals surface area contributed by atoms with Crippen LogP contribution in [0.3, 0.4) is 0 Å². The van der Waals surface area contributed by atoms with Crippen LogP contribution in [0.25, 0.3) is 0 Å². The quantitative estimate of drug-likeness (QED) is 0.744. The Morgan fingerprint density at radius 1 is 1.42 bits per heavy atom. The highest BCUT2D eigenvalue weighted by atomic mass is 79.9. The van der Waals surface area contributed by atoms with Crippen molar-refractivity contribution in [3.8, 4) is 0 Å². The molecule has 0 heterocycles. The molecule has 1 nitrogen and oxygen atoms in total. The van der Waals surface area contributed by atoms with Gasteiger partial charge in [-0.3, -0.25) is 0 Å². The molecule has 0 bridgehead atoms. The molecule has 0 unspecified atom stereocenters. The molecule has 0 amide bonds. The lowest BCUT2D eigenvalue weighted by Gasteiger charge is -2.05. The van der Waals surface area contributed by atoms with Gasteiger partial charge in [0.25, 0.3) is 0 Å². The number of halogens is 3. The number of aryl methyl sites for hydroxylation is 1. The van der Waals surface area contributed by atoms with Gasteiger partial charge in [-0.1, -0.05) is 0 Å². The number of hydrogen-bond donors (Lipinski definition) is 1. The predicted octanol–water partition coefficient (Wildman–Crippen LogP) is 2.53. The second-order valence-electron chi connectivity index (χ2n) is 2.45. The molecule has 0 saturated carbocycles. The lowest BCUT2D eigenvalue weighted by atomic mass is 10.1. The van der Waals surface area contributed by atoms with Crippen molar-refractivity contribution in [2.24, 2.45) is 0 Å². The molecular weight excluding hydrogens is 230 g/mol. The van der Waals surface area contributed by atoms with Crippen LogP contribution in [-0.2, 0) is 6.61 Å². The van der Waals surface area contributed by atoms with E-state index in [4.69, 9.17) is 5.11 Å². The minimum absolute atomic E-state index is 0.0202. The summed E-state index contributed by atoms with van der Waals surface area (Å²) in [7, 11) is 0. The van der Waals surface area contributed by atoms with E-state index in [1.54, 1.807) is 6.92 Å². The smallest absolute Gasteiger partial charge is 0.173 e. The number of benzene rings is 1. The van der Waals surface area contributed by atoms with E-state index >= 15 is 0 Å². The van der Waals surface area contributed by atoms with Crippen LogP contribution in [0.4, 0.5) is 8.78 Å². The number of aliphatic hydroxyl groups is 1. The number of rotatable bonds is 1. The van der Waals surface area contributed by atoms with Gasteiger partial charge < -0.3 is 5.11 Å². The van der Waals surface area contributed by atoms with Gasteiger partial charge in [-0.15, -0.1) is 0 Å². The molecule has 1 rings (SSSR count). The zero-order valence-electron chi connectivity index (χ0n) is 6.37. The Hall–Kier alpha value is -0.480. The van der Waals surface area contributed by atoms with Crippen molar-refractivity contribution < 1.29 is 13.9 Å². The van der Waals surface area contributed by atoms with E-state index < -0.39 is 18.2 Å². The summed E-state index contributed by atoms with van der Waals surface area (Å²) in [6.45, 7) is 1.14. The molecule has 4 heteroatoms. The Bertz CT molecular complexity index is 312. The largest absolute Gasteiger partial charge is 0.392 e. The second kappa shape index (κ2) is 3.49. The van der Waals surface area contributed by atoms with Crippen molar-refractivity contribution in [2.45, 2.75) is 13.5 Å². The van der Waals surface area contributed by atoms with Crippen molar-refractivity contribution in [1.29, 1.82) is 0 Å². The maximum Gasteiger partial charge on any atom is 0.173 e. The molecule has 1 aromatic carbocycles. The lowest BCUT2D eigenvalue weighted by molar-refractivity contribution is 0.273. The fourth-order valence-electron chi connectivity index (χ4n) is 0.914. The van der Waals surface area contributed by atoms with Crippen LogP contribution in [0.2, 0.25) is 0 Å². The van der Waals surface area contributed by atoms with Gasteiger partial charge in [0.2, 0.25) is 0 Å². The third-order valence-electron chi connectivity index (χ3n) is 1.57. The third-order valence-corrected chi connectivity index (χ3v) is 2.55. The molecule has 0 aliphatic rings. The van der Waals surface area contributed by atoms with E-state index in [0.717, 1.165) is 0 Å². The molecular formula is C8H7BrF2O. The van der Waals surface area contributed by atoms with Gasteiger partial charge in [0.1, 0.15) is 0 Å². The van der Waals surface area contributed by atoms with Crippen molar-refractivity contribution >= 4 is 15.9 Å². The maximum absolute atomic E-state index is 12.9. The lowest BCUT2D eigenvalue weighted by Crippen LogP contribution is -1.97. The molecule has 0 fully saturated rings. The van der Waals surface area contributed by atoms with Crippen molar-refractivity contribution in [1.82, 2.24) is 0 Å². The summed E-state index contributed by atoms with van der Waals surface area (Å²) in [5.41, 5.74) is 0.547. The standard InChI is InChI=1S/C8H7BrF2O/c1-4-2-5(3-12)7(10)8(11)6(4)9/h2,12H,3H2,1H3. The van der Waals surface area contributed by atoms with Gasteiger partial charge >= 0.3 is 0 Å². The van der Waals surface area contributed by atoms with Gasteiger partial charge in [0, 0.05) is 5.56 Å². The molecule has 0 saturated heterocycles. The monoisotopic (exact) mass is 236 g/mol. The molecule has 0 aromatic heterocycles. The van der Waals surface area contributed by atoms with E-state index in [0.29, 0.717) is 5.56 Å². The van der Waals surface area contributed by atoms with E-state index in [2.05, 4.69) is 15.9 Å². The van der Waals surface area contributed by atoms with Gasteiger partial charge in [0.15, 0.2) is 11.6 Å². The molecule has 1 aromatic rings. The van der Waals surface area contributed by atoms with E-state index in [-0.39, 0.29) is 10.0 Å². The number of aliphatic hydroxyl groups excluding tert-OH is 1. The van der Waals surface area contributed by atoms with Crippen LogP contribution >= 0.6 is 15.9 Å². The third kappa shape index (κ3) is 1.49. The molecule has 0 aliphatic heterocycles. The first-order valence-electron chi connectivity index (χ1n) is 3.31. The molecule has 0 aliphatic carbocycles. The fourth-order valence-corrected chi connectivity index (χ4v) is 1.20. The van der Waals surface area contributed by atoms with Gasteiger partial charge in [0.05, 0.1) is 11.1 Å². The summed E-state index contributed by atoms with van der Waals surface area (Å²) in [4.78, 5) is 0. The van der Waals surface area contributed by atoms with Crippen LogP contribution in [0.1, 0.15) is 11.1 Å². The normalized spacial score (nSPS) is 10.4. The van der Waals surface area contributed by atoms with Crippen LogP contribution in [0, 0.1) is 18.6 Å². The Morgan fingerprint density at radius 2 is 2.00 bits per heavy atom. The summed E-state index contributed by atoms with van der Waals surface area (Å²) in [6, 6.07) is 1.41. The van der Waals surface area contributed by atoms with Crippen LogP contribution in [-0.4, -0.2) is 5.11 Å². The highest BCUT2D eigenvalue weighted by molar-refractivity contribution is 9.10. The summed E-state index contributed by atoms with van der Waals surface area (Å²) in [6.07, 6.45) is 0. The average molecular weight is 237 g/mol. The molecule has 12 heavy (non-hydrogen) atoms. The zero-order valence-corrected chi connectivity index (χ0v) is 7.95. The van der Waals surface area contributed by atoms with Crippen LogP contribution in [0.15, 0.2) is 10.5 Å².